The molecule has 7 nitrogen and oxygen atoms in total. The zero-order valence-corrected chi connectivity index (χ0v) is 25.4. The summed E-state index contributed by atoms with van der Waals surface area (Å²) in [5.74, 6) is 0.666. The van der Waals surface area contributed by atoms with Crippen LogP contribution >= 0.6 is 23.8 Å². The van der Waals surface area contributed by atoms with Gasteiger partial charge in [0.2, 0.25) is 5.91 Å². The van der Waals surface area contributed by atoms with E-state index in [4.69, 9.17) is 28.6 Å². The highest BCUT2D eigenvalue weighted by Gasteiger charge is 2.41. The molecule has 1 fully saturated rings. The van der Waals surface area contributed by atoms with Gasteiger partial charge in [-0.3, -0.25) is 9.78 Å². The number of anilines is 1. The molecule has 9 heteroatoms. The summed E-state index contributed by atoms with van der Waals surface area (Å²) in [6, 6.07) is 19.3. The van der Waals surface area contributed by atoms with Crippen molar-refractivity contribution in [3.05, 3.63) is 106 Å². The number of aryl methyl sites for hydroxylation is 3. The van der Waals surface area contributed by atoms with Crippen molar-refractivity contribution in [1.82, 2.24) is 19.8 Å². The number of thiocarbonyl (C=S) groups is 1. The Morgan fingerprint density at radius 2 is 1.90 bits per heavy atom. The van der Waals surface area contributed by atoms with Gasteiger partial charge >= 0.3 is 0 Å². The Bertz CT molecular complexity index is 1600. The Labute approximate surface area is 251 Å². The molecule has 2 unspecified atom stereocenters. The monoisotopic (exact) mass is 587 g/mol. The van der Waals surface area contributed by atoms with Crippen molar-refractivity contribution in [3.8, 4) is 11.4 Å². The number of nitrogens with zero attached hydrogens (tertiary/aromatic N) is 3. The number of pyridine rings is 1. The average molecular weight is 588 g/mol. The lowest BCUT2D eigenvalue weighted by Crippen LogP contribution is -2.33. The minimum absolute atomic E-state index is 0.0596. The third-order valence-corrected chi connectivity index (χ3v) is 8.20. The Morgan fingerprint density at radius 3 is 2.63 bits per heavy atom. The lowest BCUT2D eigenvalue weighted by molar-refractivity contribution is -0.116. The van der Waals surface area contributed by atoms with Gasteiger partial charge in [0, 0.05) is 41.3 Å². The highest BCUT2D eigenvalue weighted by Crippen LogP contribution is 2.42. The molecular formula is C32H34ClN5O2S. The van der Waals surface area contributed by atoms with E-state index >= 15 is 0 Å². The van der Waals surface area contributed by atoms with Gasteiger partial charge in [0.25, 0.3) is 0 Å². The molecule has 1 amide bonds. The molecule has 2 atom stereocenters. The largest absolute Gasteiger partial charge is 0.495 e. The maximum Gasteiger partial charge on any atom is 0.226 e. The van der Waals surface area contributed by atoms with Crippen molar-refractivity contribution in [2.45, 2.75) is 46.2 Å². The first kappa shape index (κ1) is 28.6. The number of benzene rings is 2. The zero-order chi connectivity index (χ0) is 29.3. The molecule has 0 radical (unpaired) electrons. The van der Waals surface area contributed by atoms with Crippen LogP contribution in [0, 0.1) is 27.7 Å². The summed E-state index contributed by atoms with van der Waals surface area (Å²) in [5.41, 5.74) is 7.85. The van der Waals surface area contributed by atoms with E-state index in [1.165, 1.54) is 0 Å². The number of carbonyl (C=O) groups is 1. The van der Waals surface area contributed by atoms with E-state index in [2.05, 4.69) is 45.0 Å². The summed E-state index contributed by atoms with van der Waals surface area (Å²) >= 11 is 12.3. The van der Waals surface area contributed by atoms with Crippen LogP contribution in [0.4, 0.5) is 5.69 Å². The van der Waals surface area contributed by atoms with Gasteiger partial charge in [0.05, 0.1) is 30.6 Å². The molecule has 4 aromatic rings. The number of hydrogen-bond donors (Lipinski definition) is 2. The molecule has 2 N–H and O–H groups in total. The van der Waals surface area contributed by atoms with Crippen LogP contribution in [0.5, 0.6) is 5.75 Å². The molecule has 1 saturated heterocycles. The van der Waals surface area contributed by atoms with E-state index in [-0.39, 0.29) is 24.4 Å². The molecule has 5 rings (SSSR count). The van der Waals surface area contributed by atoms with Crippen LogP contribution in [0.3, 0.4) is 0 Å². The topological polar surface area (TPSA) is 71.4 Å². The summed E-state index contributed by atoms with van der Waals surface area (Å²) in [4.78, 5) is 19.9. The van der Waals surface area contributed by atoms with Gasteiger partial charge in [0.15, 0.2) is 5.11 Å². The number of ether oxygens (including phenoxy) is 1. The SMILES string of the molecule is COc1ccc(Cl)cc1-n1c(C)cc(C2C(c3ccccn3)NC(=S)N2CCC(=O)Nc2cc(C)ccc2C)c1C. The predicted molar refractivity (Wildman–Crippen MR) is 168 cm³/mol. The van der Waals surface area contributed by atoms with Gasteiger partial charge < -0.3 is 24.8 Å². The van der Waals surface area contributed by atoms with Crippen molar-refractivity contribution >= 4 is 40.5 Å². The second kappa shape index (κ2) is 11.9. The van der Waals surface area contributed by atoms with E-state index < -0.39 is 0 Å². The molecule has 2 aromatic carbocycles. The number of methoxy groups -OCH3 is 1. The zero-order valence-electron chi connectivity index (χ0n) is 23.9. The summed E-state index contributed by atoms with van der Waals surface area (Å²) < 4.78 is 7.84. The van der Waals surface area contributed by atoms with Gasteiger partial charge in [-0.15, -0.1) is 0 Å². The molecule has 41 heavy (non-hydrogen) atoms. The number of rotatable bonds is 8. The van der Waals surface area contributed by atoms with Crippen LogP contribution in [0.25, 0.3) is 5.69 Å². The standard InChI is InChI=1S/C32H34ClN5O2S/c1-19-9-10-20(2)26(16-19)35-29(39)13-15-37-31(30(36-32(37)41)25-8-6-7-14-34-25)24-17-21(3)38(22(24)4)27-18-23(33)11-12-28(27)40-5/h6-12,14,16-18,30-31H,13,15H2,1-5H3,(H,35,39)(H,36,41). The molecule has 3 heterocycles. The number of halogens is 1. The van der Waals surface area contributed by atoms with Crippen molar-refractivity contribution in [3.63, 3.8) is 0 Å². The second-order valence-corrected chi connectivity index (χ2v) is 11.2. The quantitative estimate of drug-likeness (QED) is 0.222. The highest BCUT2D eigenvalue weighted by atomic mass is 35.5. The fraction of sp³-hybridized carbons (Fsp3) is 0.281. The van der Waals surface area contributed by atoms with Crippen LogP contribution in [-0.4, -0.2) is 39.1 Å². The van der Waals surface area contributed by atoms with Crippen LogP contribution in [0.2, 0.25) is 5.02 Å². The molecule has 0 saturated carbocycles. The van der Waals surface area contributed by atoms with Gasteiger partial charge in [-0.05, 0) is 99.1 Å². The summed E-state index contributed by atoms with van der Waals surface area (Å²) in [6.45, 7) is 8.61. The molecular weight excluding hydrogens is 554 g/mol. The lowest BCUT2D eigenvalue weighted by Gasteiger charge is -2.28. The van der Waals surface area contributed by atoms with Gasteiger partial charge in [-0.1, -0.05) is 29.8 Å². The summed E-state index contributed by atoms with van der Waals surface area (Å²) in [6.07, 6.45) is 2.07. The third kappa shape index (κ3) is 5.80. The van der Waals surface area contributed by atoms with E-state index in [9.17, 15) is 4.79 Å². The predicted octanol–water partition coefficient (Wildman–Crippen LogP) is 6.77. The van der Waals surface area contributed by atoms with E-state index in [0.717, 1.165) is 50.9 Å². The number of carbonyl (C=O) groups excluding carboxylic acids is 1. The van der Waals surface area contributed by atoms with E-state index in [1.807, 2.05) is 68.4 Å². The first-order valence-electron chi connectivity index (χ1n) is 13.6. The average Bonchev–Trinajstić information content (AvgIpc) is 3.44. The fourth-order valence-electron chi connectivity index (χ4n) is 5.59. The maximum absolute atomic E-state index is 13.1. The number of aromatic nitrogens is 2. The smallest absolute Gasteiger partial charge is 0.226 e. The maximum atomic E-state index is 13.1. The normalized spacial score (nSPS) is 16.5. The Hall–Kier alpha value is -3.88. The minimum Gasteiger partial charge on any atom is -0.495 e. The number of nitrogens with one attached hydrogen (secondary N) is 2. The second-order valence-electron chi connectivity index (χ2n) is 10.4. The molecule has 1 aliphatic rings. The van der Waals surface area contributed by atoms with Crippen LogP contribution in [0.15, 0.2) is 66.9 Å². The molecule has 0 aliphatic carbocycles. The first-order valence-corrected chi connectivity index (χ1v) is 14.3. The van der Waals surface area contributed by atoms with Crippen LogP contribution in [0.1, 0.15) is 52.3 Å². The molecule has 1 aliphatic heterocycles. The van der Waals surface area contributed by atoms with Crippen molar-refractivity contribution in [1.29, 1.82) is 0 Å². The molecule has 212 valence electrons. The first-order chi connectivity index (χ1) is 19.7. The third-order valence-electron chi connectivity index (χ3n) is 7.62. The summed E-state index contributed by atoms with van der Waals surface area (Å²) in [7, 11) is 1.66. The molecule has 0 bridgehead atoms. The van der Waals surface area contributed by atoms with Gasteiger partial charge in [0.1, 0.15) is 5.75 Å². The van der Waals surface area contributed by atoms with Crippen molar-refractivity contribution < 1.29 is 9.53 Å². The fourth-order valence-corrected chi connectivity index (χ4v) is 6.08. The lowest BCUT2D eigenvalue weighted by atomic mass is 9.96. The highest BCUT2D eigenvalue weighted by molar-refractivity contribution is 7.80. The van der Waals surface area contributed by atoms with Gasteiger partial charge in [-0.25, -0.2) is 0 Å². The Balaban J connectivity index is 1.50. The Morgan fingerprint density at radius 1 is 1.10 bits per heavy atom. The van der Waals surface area contributed by atoms with E-state index in [0.29, 0.717) is 16.7 Å². The van der Waals surface area contributed by atoms with Crippen LogP contribution in [-0.2, 0) is 4.79 Å². The van der Waals surface area contributed by atoms with Gasteiger partial charge in [-0.2, -0.15) is 0 Å². The summed E-state index contributed by atoms with van der Waals surface area (Å²) in [5, 5.41) is 7.79. The van der Waals surface area contributed by atoms with Crippen molar-refractivity contribution in [2.75, 3.05) is 19.0 Å². The molecule has 2 aromatic heterocycles. The van der Waals surface area contributed by atoms with E-state index in [1.54, 1.807) is 13.3 Å². The molecule has 0 spiro atoms. The van der Waals surface area contributed by atoms with Crippen LogP contribution < -0.4 is 15.4 Å². The van der Waals surface area contributed by atoms with Crippen molar-refractivity contribution in [2.24, 2.45) is 0 Å². The minimum atomic E-state index is -0.194. The Kier molecular flexibility index (Phi) is 8.33. The number of amides is 1. The number of hydrogen-bond acceptors (Lipinski definition) is 4.